The summed E-state index contributed by atoms with van der Waals surface area (Å²) in [4.78, 5) is 23.1. The number of ether oxygens (including phenoxy) is 1. The Morgan fingerprint density at radius 3 is 2.80 bits per heavy atom. The van der Waals surface area contributed by atoms with Gasteiger partial charge in [0.25, 0.3) is 5.91 Å². The van der Waals surface area contributed by atoms with Gasteiger partial charge in [0, 0.05) is 18.3 Å². The lowest BCUT2D eigenvalue weighted by Crippen LogP contribution is -2.23. The van der Waals surface area contributed by atoms with Crippen LogP contribution in [-0.2, 0) is 6.54 Å². The smallest absolute Gasteiger partial charge is 0.257 e. The molecular formula is C22H19BrN4O2S. The van der Waals surface area contributed by atoms with Gasteiger partial charge in [0.15, 0.2) is 5.13 Å². The third-order valence-corrected chi connectivity index (χ3v) is 5.76. The van der Waals surface area contributed by atoms with E-state index in [0.717, 1.165) is 22.5 Å². The third-order valence-electron chi connectivity index (χ3n) is 4.32. The van der Waals surface area contributed by atoms with Crippen LogP contribution in [0.4, 0.5) is 5.13 Å². The van der Waals surface area contributed by atoms with Crippen LogP contribution in [0.25, 0.3) is 10.2 Å². The van der Waals surface area contributed by atoms with Crippen LogP contribution in [0.2, 0.25) is 0 Å². The highest BCUT2D eigenvalue weighted by Crippen LogP contribution is 2.34. The van der Waals surface area contributed by atoms with Crippen molar-refractivity contribution in [2.45, 2.75) is 6.54 Å². The zero-order chi connectivity index (χ0) is 20.9. The number of halogens is 1. The Hall–Kier alpha value is -2.81. The Morgan fingerprint density at radius 2 is 2.00 bits per heavy atom. The molecule has 4 aromatic rings. The lowest BCUT2D eigenvalue weighted by molar-refractivity contribution is 0.102. The number of thiazole rings is 1. The second-order valence-corrected chi connectivity index (χ2v) is 8.53. The molecule has 0 saturated carbocycles. The fraction of sp³-hybridized carbons (Fsp3) is 0.136. The summed E-state index contributed by atoms with van der Waals surface area (Å²) in [5.74, 6) is 0.513. The van der Waals surface area contributed by atoms with Crippen molar-refractivity contribution in [1.82, 2.24) is 14.9 Å². The lowest BCUT2D eigenvalue weighted by atomic mass is 10.2. The molecule has 8 heteroatoms. The first-order valence-electron chi connectivity index (χ1n) is 9.26. The van der Waals surface area contributed by atoms with E-state index in [0.29, 0.717) is 22.0 Å². The summed E-state index contributed by atoms with van der Waals surface area (Å²) in [5.41, 5.74) is 2.52. The van der Waals surface area contributed by atoms with E-state index in [1.807, 2.05) is 43.4 Å². The maximum atomic E-state index is 12.5. The standard InChI is InChI=1S/C22H19BrN4O2S/c1-27(13-15-6-3-2-4-7-15)14-29-18-9-5-8-17-20(18)30-22(25-17)26-21(28)16-10-11-24-19(23)12-16/h2-12H,13-14H2,1H3,(H,25,26,28). The van der Waals surface area contributed by atoms with Gasteiger partial charge < -0.3 is 4.74 Å². The number of anilines is 1. The Labute approximate surface area is 186 Å². The van der Waals surface area contributed by atoms with Crippen LogP contribution in [0.3, 0.4) is 0 Å². The lowest BCUT2D eigenvalue weighted by Gasteiger charge is -2.17. The minimum Gasteiger partial charge on any atom is -0.477 e. The van der Waals surface area contributed by atoms with Crippen LogP contribution < -0.4 is 10.1 Å². The molecule has 6 nitrogen and oxygen atoms in total. The molecule has 30 heavy (non-hydrogen) atoms. The van der Waals surface area contributed by atoms with Gasteiger partial charge >= 0.3 is 0 Å². The van der Waals surface area contributed by atoms with E-state index < -0.39 is 0 Å². The highest BCUT2D eigenvalue weighted by molar-refractivity contribution is 9.10. The van der Waals surface area contributed by atoms with E-state index in [-0.39, 0.29) is 5.91 Å². The molecule has 0 radical (unpaired) electrons. The van der Waals surface area contributed by atoms with Crippen molar-refractivity contribution >= 4 is 48.5 Å². The van der Waals surface area contributed by atoms with Crippen LogP contribution in [0, 0.1) is 0 Å². The molecule has 0 unspecified atom stereocenters. The van der Waals surface area contributed by atoms with Gasteiger partial charge in [-0.2, -0.15) is 0 Å². The van der Waals surface area contributed by atoms with Crippen LogP contribution in [0.15, 0.2) is 71.5 Å². The SMILES string of the molecule is CN(COc1cccc2nc(NC(=O)c3ccnc(Br)c3)sc12)Cc1ccccc1. The van der Waals surface area contributed by atoms with Gasteiger partial charge in [0.1, 0.15) is 17.1 Å². The number of rotatable bonds is 7. The normalized spacial score (nSPS) is 11.0. The number of benzene rings is 2. The maximum absolute atomic E-state index is 12.5. The molecule has 2 aromatic carbocycles. The van der Waals surface area contributed by atoms with Crippen LogP contribution in [0.1, 0.15) is 15.9 Å². The van der Waals surface area contributed by atoms with E-state index in [2.05, 4.69) is 48.2 Å². The highest BCUT2D eigenvalue weighted by atomic mass is 79.9. The molecule has 0 aliphatic carbocycles. The monoisotopic (exact) mass is 482 g/mol. The minimum absolute atomic E-state index is 0.234. The van der Waals surface area contributed by atoms with Crippen molar-refractivity contribution in [1.29, 1.82) is 0 Å². The third kappa shape index (κ3) is 5.02. The van der Waals surface area contributed by atoms with Crippen molar-refractivity contribution in [2.75, 3.05) is 19.1 Å². The van der Waals surface area contributed by atoms with Gasteiger partial charge in [-0.05, 0) is 52.8 Å². The molecule has 0 aliphatic heterocycles. The van der Waals surface area contributed by atoms with E-state index in [9.17, 15) is 4.79 Å². The van der Waals surface area contributed by atoms with Gasteiger partial charge in [-0.25, -0.2) is 9.97 Å². The second kappa shape index (κ2) is 9.34. The van der Waals surface area contributed by atoms with Crippen molar-refractivity contribution in [3.8, 4) is 5.75 Å². The molecule has 1 amide bonds. The molecule has 1 N–H and O–H groups in total. The molecule has 0 spiro atoms. The van der Waals surface area contributed by atoms with Crippen LogP contribution in [-0.4, -0.2) is 34.6 Å². The van der Waals surface area contributed by atoms with E-state index >= 15 is 0 Å². The average Bonchev–Trinajstić information content (AvgIpc) is 3.16. The summed E-state index contributed by atoms with van der Waals surface area (Å²) in [5, 5.41) is 3.38. The number of nitrogens with one attached hydrogen (secondary N) is 1. The van der Waals surface area contributed by atoms with E-state index in [1.165, 1.54) is 16.9 Å². The number of hydrogen-bond donors (Lipinski definition) is 1. The van der Waals surface area contributed by atoms with Gasteiger partial charge in [0.2, 0.25) is 0 Å². The van der Waals surface area contributed by atoms with E-state index in [1.54, 1.807) is 18.3 Å². The summed E-state index contributed by atoms with van der Waals surface area (Å²) in [6.45, 7) is 1.24. The van der Waals surface area contributed by atoms with Crippen molar-refractivity contribution in [2.24, 2.45) is 0 Å². The van der Waals surface area contributed by atoms with Crippen molar-refractivity contribution in [3.05, 3.63) is 82.6 Å². The van der Waals surface area contributed by atoms with Crippen molar-refractivity contribution in [3.63, 3.8) is 0 Å². The fourth-order valence-corrected chi connectivity index (χ4v) is 4.22. The molecule has 0 atom stereocenters. The number of pyridine rings is 1. The predicted octanol–water partition coefficient (Wildman–Crippen LogP) is 5.17. The Kier molecular flexibility index (Phi) is 6.37. The maximum Gasteiger partial charge on any atom is 0.257 e. The van der Waals surface area contributed by atoms with Crippen LogP contribution >= 0.6 is 27.3 Å². The molecule has 0 bridgehead atoms. The van der Waals surface area contributed by atoms with Gasteiger partial charge in [-0.15, -0.1) is 0 Å². The molecule has 2 heterocycles. The molecule has 0 aliphatic rings. The largest absolute Gasteiger partial charge is 0.477 e. The quantitative estimate of drug-likeness (QED) is 0.290. The highest BCUT2D eigenvalue weighted by Gasteiger charge is 2.13. The zero-order valence-corrected chi connectivity index (χ0v) is 18.6. The van der Waals surface area contributed by atoms with Gasteiger partial charge in [-0.1, -0.05) is 47.7 Å². The predicted molar refractivity (Wildman–Crippen MR) is 123 cm³/mol. The number of aromatic nitrogens is 2. The number of carbonyl (C=O) groups is 1. The fourth-order valence-electron chi connectivity index (χ4n) is 2.92. The summed E-state index contributed by atoms with van der Waals surface area (Å²) < 4.78 is 7.55. The first kappa shape index (κ1) is 20.5. The number of amides is 1. The van der Waals surface area contributed by atoms with Gasteiger partial charge in [-0.3, -0.25) is 15.0 Å². The first-order chi connectivity index (χ1) is 14.6. The summed E-state index contributed by atoms with van der Waals surface area (Å²) >= 11 is 4.67. The minimum atomic E-state index is -0.234. The topological polar surface area (TPSA) is 67.3 Å². The molecule has 0 fully saturated rings. The Bertz CT molecular complexity index is 1170. The van der Waals surface area contributed by atoms with Crippen molar-refractivity contribution < 1.29 is 9.53 Å². The first-order valence-corrected chi connectivity index (χ1v) is 10.9. The second-order valence-electron chi connectivity index (χ2n) is 6.72. The summed E-state index contributed by atoms with van der Waals surface area (Å²) in [6.07, 6.45) is 1.58. The molecule has 0 saturated heterocycles. The number of nitrogens with zero attached hydrogens (tertiary/aromatic N) is 3. The Balaban J connectivity index is 1.45. The Morgan fingerprint density at radius 1 is 1.17 bits per heavy atom. The number of fused-ring (bicyclic) bond motifs is 1. The zero-order valence-electron chi connectivity index (χ0n) is 16.2. The summed E-state index contributed by atoms with van der Waals surface area (Å²) in [6, 6.07) is 19.3. The number of carbonyl (C=O) groups excluding carboxylic acids is 1. The average molecular weight is 483 g/mol. The van der Waals surface area contributed by atoms with Gasteiger partial charge in [0.05, 0.1) is 10.2 Å². The van der Waals surface area contributed by atoms with E-state index in [4.69, 9.17) is 4.74 Å². The molecule has 4 rings (SSSR count). The molecular weight excluding hydrogens is 464 g/mol. The number of hydrogen-bond acceptors (Lipinski definition) is 6. The molecule has 2 aromatic heterocycles. The molecule has 152 valence electrons. The summed E-state index contributed by atoms with van der Waals surface area (Å²) in [7, 11) is 2.01. The van der Waals surface area contributed by atoms with Crippen LogP contribution in [0.5, 0.6) is 5.75 Å².